The minimum Gasteiger partial charge on any atom is -0.391 e. The Kier molecular flexibility index (Phi) is 5.40. The maximum atomic E-state index is 13.8. The molecule has 0 bridgehead atoms. The Labute approximate surface area is 174 Å². The van der Waals surface area contributed by atoms with Crippen LogP contribution in [-0.4, -0.2) is 20.8 Å². The van der Waals surface area contributed by atoms with Crippen molar-refractivity contribution >= 4 is 10.9 Å². The van der Waals surface area contributed by atoms with Crippen molar-refractivity contribution in [3.63, 3.8) is 0 Å². The molecule has 1 N–H and O–H groups in total. The van der Waals surface area contributed by atoms with Crippen molar-refractivity contribution in [2.45, 2.75) is 58.1 Å². The van der Waals surface area contributed by atoms with E-state index in [1.165, 1.54) is 18.2 Å². The van der Waals surface area contributed by atoms with Crippen molar-refractivity contribution in [3.8, 4) is 6.07 Å². The van der Waals surface area contributed by atoms with Gasteiger partial charge in [0.2, 0.25) is 0 Å². The van der Waals surface area contributed by atoms with E-state index >= 15 is 0 Å². The highest BCUT2D eigenvalue weighted by Gasteiger charge is 2.26. The Hall–Kier alpha value is -3.04. The summed E-state index contributed by atoms with van der Waals surface area (Å²) in [6, 6.07) is 7.79. The summed E-state index contributed by atoms with van der Waals surface area (Å²) in [5.41, 5.74) is 4.21. The molecule has 1 saturated carbocycles. The Morgan fingerprint density at radius 1 is 1.20 bits per heavy atom. The minimum absolute atomic E-state index is 0.171. The molecule has 154 valence electrons. The first-order chi connectivity index (χ1) is 14.4. The van der Waals surface area contributed by atoms with Gasteiger partial charge in [0.15, 0.2) is 0 Å². The molecule has 2 atom stereocenters. The van der Waals surface area contributed by atoms with E-state index in [0.717, 1.165) is 36.0 Å². The van der Waals surface area contributed by atoms with Gasteiger partial charge in [0.1, 0.15) is 5.82 Å². The number of aliphatic hydroxyl groups is 1. The SMILES string of the molecule is Cc1c(Cc2cc(F)ccc2C#N)cc2c(=O)n([C@@H]3CCCC[C@H]3O)cnc2c1C. The van der Waals surface area contributed by atoms with Gasteiger partial charge in [0, 0.05) is 0 Å². The van der Waals surface area contributed by atoms with E-state index in [2.05, 4.69) is 11.1 Å². The topological polar surface area (TPSA) is 78.9 Å². The van der Waals surface area contributed by atoms with Gasteiger partial charge in [-0.1, -0.05) is 12.8 Å². The summed E-state index contributed by atoms with van der Waals surface area (Å²) < 4.78 is 15.3. The van der Waals surface area contributed by atoms with Crippen molar-refractivity contribution in [2.75, 3.05) is 0 Å². The zero-order chi connectivity index (χ0) is 21.4. The second-order valence-corrected chi connectivity index (χ2v) is 8.15. The van der Waals surface area contributed by atoms with Crippen molar-refractivity contribution in [3.05, 3.63) is 74.6 Å². The third-order valence-electron chi connectivity index (χ3n) is 6.37. The van der Waals surface area contributed by atoms with E-state index in [1.54, 1.807) is 10.9 Å². The quantitative estimate of drug-likeness (QED) is 0.712. The van der Waals surface area contributed by atoms with Gasteiger partial charge in [-0.15, -0.1) is 0 Å². The lowest BCUT2D eigenvalue weighted by Gasteiger charge is -2.29. The van der Waals surface area contributed by atoms with Crippen molar-refractivity contribution in [1.82, 2.24) is 9.55 Å². The summed E-state index contributed by atoms with van der Waals surface area (Å²) in [7, 11) is 0. The van der Waals surface area contributed by atoms with Crippen LogP contribution in [0.15, 0.2) is 35.4 Å². The number of hydrogen-bond acceptors (Lipinski definition) is 4. The normalized spacial score (nSPS) is 19.0. The number of aromatic nitrogens is 2. The highest BCUT2D eigenvalue weighted by atomic mass is 19.1. The Bertz CT molecular complexity index is 1230. The maximum Gasteiger partial charge on any atom is 0.261 e. The number of aliphatic hydroxyl groups excluding tert-OH is 1. The molecule has 5 nitrogen and oxygen atoms in total. The lowest BCUT2D eigenvalue weighted by atomic mass is 9.91. The summed E-state index contributed by atoms with van der Waals surface area (Å²) in [6.07, 6.45) is 4.73. The van der Waals surface area contributed by atoms with Crippen LogP contribution in [0.2, 0.25) is 0 Å². The fourth-order valence-corrected chi connectivity index (χ4v) is 4.47. The van der Waals surface area contributed by atoms with Gasteiger partial charge < -0.3 is 5.11 Å². The lowest BCUT2D eigenvalue weighted by Crippen LogP contribution is -2.34. The Morgan fingerprint density at radius 2 is 1.97 bits per heavy atom. The zero-order valence-electron chi connectivity index (χ0n) is 17.2. The molecular weight excluding hydrogens is 381 g/mol. The van der Waals surface area contributed by atoms with Crippen LogP contribution in [0.4, 0.5) is 4.39 Å². The molecule has 1 aliphatic carbocycles. The molecule has 0 spiro atoms. The standard InChI is InChI=1S/C24H24FN3O2/c1-14-15(2)23-20(11-17(14)9-18-10-19(25)8-7-16(18)12-26)24(30)28(13-27-23)21-5-3-4-6-22(21)29/h7-8,10-11,13,21-22,29H,3-6,9H2,1-2H3/t21-,22-/m1/s1. The summed E-state index contributed by atoms with van der Waals surface area (Å²) in [5.74, 6) is -0.394. The van der Waals surface area contributed by atoms with E-state index in [-0.39, 0.29) is 11.6 Å². The third kappa shape index (κ3) is 3.50. The zero-order valence-corrected chi connectivity index (χ0v) is 17.2. The summed E-state index contributed by atoms with van der Waals surface area (Å²) in [6.45, 7) is 3.87. The summed E-state index contributed by atoms with van der Waals surface area (Å²) in [5, 5.41) is 20.3. The molecule has 2 aromatic carbocycles. The molecule has 1 aliphatic rings. The highest BCUT2D eigenvalue weighted by Crippen LogP contribution is 2.29. The molecule has 30 heavy (non-hydrogen) atoms. The van der Waals surface area contributed by atoms with Crippen LogP contribution in [0.5, 0.6) is 0 Å². The minimum atomic E-state index is -0.549. The number of nitrogens with zero attached hydrogens (tertiary/aromatic N) is 3. The molecule has 1 aromatic heterocycles. The van der Waals surface area contributed by atoms with E-state index in [9.17, 15) is 19.6 Å². The average molecular weight is 405 g/mol. The number of halogens is 1. The molecule has 4 rings (SSSR count). The molecular formula is C24H24FN3O2. The van der Waals surface area contributed by atoms with E-state index < -0.39 is 11.9 Å². The second kappa shape index (κ2) is 8.00. The molecule has 6 heteroatoms. The number of nitriles is 1. The van der Waals surface area contributed by atoms with Crippen LogP contribution in [-0.2, 0) is 6.42 Å². The predicted octanol–water partition coefficient (Wildman–Crippen LogP) is 4.09. The van der Waals surface area contributed by atoms with E-state index in [0.29, 0.717) is 34.9 Å². The molecule has 0 amide bonds. The first-order valence-corrected chi connectivity index (χ1v) is 10.3. The number of aryl methyl sites for hydroxylation is 1. The number of fused-ring (bicyclic) bond motifs is 1. The number of benzene rings is 2. The third-order valence-corrected chi connectivity index (χ3v) is 6.37. The largest absolute Gasteiger partial charge is 0.391 e. The summed E-state index contributed by atoms with van der Waals surface area (Å²) >= 11 is 0. The van der Waals surface area contributed by atoms with Crippen molar-refractivity contribution in [1.29, 1.82) is 5.26 Å². The molecule has 0 aliphatic heterocycles. The lowest BCUT2D eigenvalue weighted by molar-refractivity contribution is 0.0735. The second-order valence-electron chi connectivity index (χ2n) is 8.15. The first kappa shape index (κ1) is 20.2. The molecule has 0 radical (unpaired) electrons. The van der Waals surface area contributed by atoms with Gasteiger partial charge in [-0.3, -0.25) is 9.36 Å². The van der Waals surface area contributed by atoms with Gasteiger partial charge in [-0.2, -0.15) is 5.26 Å². The fourth-order valence-electron chi connectivity index (χ4n) is 4.47. The smallest absolute Gasteiger partial charge is 0.261 e. The van der Waals surface area contributed by atoms with Crippen molar-refractivity contribution in [2.24, 2.45) is 0 Å². The average Bonchev–Trinajstić information content (AvgIpc) is 2.73. The van der Waals surface area contributed by atoms with Gasteiger partial charge in [0.05, 0.1) is 41.0 Å². The number of rotatable bonds is 3. The fraction of sp³-hybridized carbons (Fsp3) is 0.375. The maximum absolute atomic E-state index is 13.8. The van der Waals surface area contributed by atoms with Crippen LogP contribution in [0, 0.1) is 31.0 Å². The van der Waals surface area contributed by atoms with Gasteiger partial charge in [-0.25, -0.2) is 9.37 Å². The predicted molar refractivity (Wildman–Crippen MR) is 113 cm³/mol. The molecule has 0 unspecified atom stereocenters. The van der Waals surface area contributed by atoms with Crippen LogP contribution >= 0.6 is 0 Å². The highest BCUT2D eigenvalue weighted by molar-refractivity contribution is 5.83. The van der Waals surface area contributed by atoms with E-state index in [4.69, 9.17) is 0 Å². The first-order valence-electron chi connectivity index (χ1n) is 10.3. The Balaban J connectivity index is 1.85. The van der Waals surface area contributed by atoms with E-state index in [1.807, 2.05) is 19.9 Å². The monoisotopic (exact) mass is 405 g/mol. The number of hydrogen-bond donors (Lipinski definition) is 1. The van der Waals surface area contributed by atoms with Crippen LogP contribution in [0.25, 0.3) is 10.9 Å². The van der Waals surface area contributed by atoms with Gasteiger partial charge in [0.25, 0.3) is 5.56 Å². The molecule has 0 saturated heterocycles. The molecule has 3 aromatic rings. The van der Waals surface area contributed by atoms with Crippen LogP contribution < -0.4 is 5.56 Å². The Morgan fingerprint density at radius 3 is 2.70 bits per heavy atom. The summed E-state index contributed by atoms with van der Waals surface area (Å²) in [4.78, 5) is 17.9. The van der Waals surface area contributed by atoms with Crippen LogP contribution in [0.3, 0.4) is 0 Å². The van der Waals surface area contributed by atoms with Gasteiger partial charge >= 0.3 is 0 Å². The van der Waals surface area contributed by atoms with Crippen molar-refractivity contribution < 1.29 is 9.50 Å². The van der Waals surface area contributed by atoms with Crippen LogP contribution in [0.1, 0.15) is 59.5 Å². The molecule has 1 fully saturated rings. The van der Waals surface area contributed by atoms with Gasteiger partial charge in [-0.05, 0) is 79.6 Å². The molecule has 1 heterocycles.